The normalized spacial score (nSPS) is 18.3. The summed E-state index contributed by atoms with van der Waals surface area (Å²) in [6, 6.07) is -0.819. The first-order valence-electron chi connectivity index (χ1n) is 6.35. The molecule has 1 amide bonds. The Morgan fingerprint density at radius 2 is 2.11 bits per heavy atom. The zero-order valence-corrected chi connectivity index (χ0v) is 10.7. The van der Waals surface area contributed by atoms with Gasteiger partial charge in [-0.3, -0.25) is 4.79 Å². The second kappa shape index (κ2) is 8.05. The largest absolute Gasteiger partial charge is 0.480 e. The van der Waals surface area contributed by atoms with Crippen LogP contribution in [0.15, 0.2) is 0 Å². The van der Waals surface area contributed by atoms with Gasteiger partial charge in [0.1, 0.15) is 12.6 Å². The number of ether oxygens (including phenoxy) is 2. The van der Waals surface area contributed by atoms with Crippen molar-refractivity contribution < 1.29 is 24.2 Å². The molecule has 1 atom stereocenters. The minimum atomic E-state index is -1.00. The molecule has 0 saturated carbocycles. The molecule has 1 saturated heterocycles. The molecule has 1 rings (SSSR count). The molecule has 6 nitrogen and oxygen atoms in total. The maximum absolute atomic E-state index is 11.5. The summed E-state index contributed by atoms with van der Waals surface area (Å²) in [5, 5.41) is 11.4. The van der Waals surface area contributed by atoms with E-state index in [1.54, 1.807) is 0 Å². The van der Waals surface area contributed by atoms with Gasteiger partial charge in [-0.1, -0.05) is 13.3 Å². The second-order valence-corrected chi connectivity index (χ2v) is 4.37. The van der Waals surface area contributed by atoms with Gasteiger partial charge in [0.05, 0.1) is 6.10 Å². The lowest BCUT2D eigenvalue weighted by Crippen LogP contribution is -2.43. The van der Waals surface area contributed by atoms with E-state index in [2.05, 4.69) is 5.32 Å². The molecule has 6 heteroatoms. The summed E-state index contributed by atoms with van der Waals surface area (Å²) >= 11 is 0. The first-order chi connectivity index (χ1) is 8.63. The van der Waals surface area contributed by atoms with E-state index in [0.717, 1.165) is 12.8 Å². The van der Waals surface area contributed by atoms with Gasteiger partial charge in [-0.25, -0.2) is 4.79 Å². The summed E-state index contributed by atoms with van der Waals surface area (Å²) in [6.07, 6.45) is 2.74. The zero-order chi connectivity index (χ0) is 13.4. The van der Waals surface area contributed by atoms with Crippen LogP contribution in [0.3, 0.4) is 0 Å². The summed E-state index contributed by atoms with van der Waals surface area (Å²) in [4.78, 5) is 22.4. The lowest BCUT2D eigenvalue weighted by molar-refractivity contribution is -0.143. The van der Waals surface area contributed by atoms with Gasteiger partial charge in [0, 0.05) is 13.2 Å². The van der Waals surface area contributed by atoms with Gasteiger partial charge in [0.25, 0.3) is 0 Å². The highest BCUT2D eigenvalue weighted by Crippen LogP contribution is 2.10. The van der Waals surface area contributed by atoms with Gasteiger partial charge >= 0.3 is 5.97 Å². The van der Waals surface area contributed by atoms with Crippen molar-refractivity contribution in [2.75, 3.05) is 19.8 Å². The Balaban J connectivity index is 2.24. The van der Waals surface area contributed by atoms with Crippen LogP contribution in [-0.2, 0) is 19.1 Å². The van der Waals surface area contributed by atoms with Crippen molar-refractivity contribution in [3.8, 4) is 0 Å². The summed E-state index contributed by atoms with van der Waals surface area (Å²) in [7, 11) is 0. The number of aliphatic carboxylic acids is 1. The van der Waals surface area contributed by atoms with Gasteiger partial charge in [-0.2, -0.15) is 0 Å². The van der Waals surface area contributed by atoms with E-state index >= 15 is 0 Å². The van der Waals surface area contributed by atoms with Gasteiger partial charge in [0.2, 0.25) is 5.91 Å². The number of carbonyl (C=O) groups excluding carboxylic acids is 1. The van der Waals surface area contributed by atoms with Crippen LogP contribution < -0.4 is 5.32 Å². The molecule has 104 valence electrons. The fourth-order valence-corrected chi connectivity index (χ4v) is 1.82. The molecule has 0 aliphatic carbocycles. The standard InChI is InChI=1S/C12H21NO5/c1-2-3-10(12(15)16)13-11(14)8-18-9-4-6-17-7-5-9/h9-10H,2-8H2,1H3,(H,13,14)(H,15,16). The fraction of sp³-hybridized carbons (Fsp3) is 0.833. The molecule has 0 spiro atoms. The lowest BCUT2D eigenvalue weighted by Gasteiger charge is -2.22. The maximum Gasteiger partial charge on any atom is 0.326 e. The SMILES string of the molecule is CCCC(NC(=O)COC1CCOCC1)C(=O)O. The maximum atomic E-state index is 11.5. The molecule has 0 aromatic carbocycles. The minimum absolute atomic E-state index is 0.0407. The number of rotatable bonds is 7. The van der Waals surface area contributed by atoms with Gasteiger partial charge in [-0.15, -0.1) is 0 Å². The minimum Gasteiger partial charge on any atom is -0.480 e. The Morgan fingerprint density at radius 3 is 2.67 bits per heavy atom. The van der Waals surface area contributed by atoms with E-state index in [-0.39, 0.29) is 18.6 Å². The predicted octanol–water partition coefficient (Wildman–Crippen LogP) is 0.552. The van der Waals surface area contributed by atoms with Crippen LogP contribution >= 0.6 is 0 Å². The van der Waals surface area contributed by atoms with Crippen molar-refractivity contribution in [1.82, 2.24) is 5.32 Å². The first kappa shape index (κ1) is 14.9. The Morgan fingerprint density at radius 1 is 1.44 bits per heavy atom. The average Bonchev–Trinajstić information content (AvgIpc) is 2.37. The van der Waals surface area contributed by atoms with Crippen molar-refractivity contribution in [1.29, 1.82) is 0 Å². The van der Waals surface area contributed by atoms with Gasteiger partial charge in [-0.05, 0) is 19.3 Å². The van der Waals surface area contributed by atoms with Crippen LogP contribution in [-0.4, -0.2) is 48.9 Å². The Hall–Kier alpha value is -1.14. The number of hydrogen-bond acceptors (Lipinski definition) is 4. The quantitative estimate of drug-likeness (QED) is 0.697. The summed E-state index contributed by atoms with van der Waals surface area (Å²) in [6.45, 7) is 3.10. The van der Waals surface area contributed by atoms with Crippen molar-refractivity contribution in [3.63, 3.8) is 0 Å². The van der Waals surface area contributed by atoms with Crippen LogP contribution in [0.2, 0.25) is 0 Å². The third-order valence-corrected chi connectivity index (χ3v) is 2.83. The molecule has 1 fully saturated rings. The summed E-state index contributed by atoms with van der Waals surface area (Å²) in [5.74, 6) is -1.38. The molecular formula is C12H21NO5. The Bertz CT molecular complexity index is 276. The van der Waals surface area contributed by atoms with Crippen LogP contribution in [0.5, 0.6) is 0 Å². The summed E-state index contributed by atoms with van der Waals surface area (Å²) in [5.41, 5.74) is 0. The molecule has 0 aromatic rings. The number of carbonyl (C=O) groups is 2. The van der Waals surface area contributed by atoms with E-state index in [0.29, 0.717) is 26.1 Å². The van der Waals surface area contributed by atoms with Crippen molar-refractivity contribution in [3.05, 3.63) is 0 Å². The van der Waals surface area contributed by atoms with Crippen molar-refractivity contribution in [2.45, 2.75) is 44.8 Å². The monoisotopic (exact) mass is 259 g/mol. The molecular weight excluding hydrogens is 238 g/mol. The third-order valence-electron chi connectivity index (χ3n) is 2.83. The highest BCUT2D eigenvalue weighted by molar-refractivity contribution is 5.84. The highest BCUT2D eigenvalue weighted by Gasteiger charge is 2.20. The molecule has 0 radical (unpaired) electrons. The molecule has 1 aliphatic rings. The van der Waals surface area contributed by atoms with E-state index < -0.39 is 12.0 Å². The van der Waals surface area contributed by atoms with Crippen molar-refractivity contribution >= 4 is 11.9 Å². The second-order valence-electron chi connectivity index (χ2n) is 4.37. The smallest absolute Gasteiger partial charge is 0.326 e. The molecule has 18 heavy (non-hydrogen) atoms. The van der Waals surface area contributed by atoms with Gasteiger partial charge in [0.15, 0.2) is 0 Å². The van der Waals surface area contributed by atoms with Crippen molar-refractivity contribution in [2.24, 2.45) is 0 Å². The number of carboxylic acids is 1. The lowest BCUT2D eigenvalue weighted by atomic mass is 10.1. The van der Waals surface area contributed by atoms with Crippen LogP contribution in [0.25, 0.3) is 0 Å². The number of amides is 1. The molecule has 2 N–H and O–H groups in total. The zero-order valence-electron chi connectivity index (χ0n) is 10.7. The summed E-state index contributed by atoms with van der Waals surface area (Å²) < 4.78 is 10.6. The number of hydrogen-bond donors (Lipinski definition) is 2. The average molecular weight is 259 g/mol. The molecule has 0 aromatic heterocycles. The van der Waals surface area contributed by atoms with E-state index in [1.807, 2.05) is 6.92 Å². The fourth-order valence-electron chi connectivity index (χ4n) is 1.82. The third kappa shape index (κ3) is 5.46. The van der Waals surface area contributed by atoms with E-state index in [1.165, 1.54) is 0 Å². The van der Waals surface area contributed by atoms with Crippen LogP contribution in [0.4, 0.5) is 0 Å². The first-order valence-corrected chi connectivity index (χ1v) is 6.35. The molecule has 1 unspecified atom stereocenters. The Kier molecular flexibility index (Phi) is 6.67. The molecule has 1 heterocycles. The van der Waals surface area contributed by atoms with Crippen LogP contribution in [0, 0.1) is 0 Å². The Labute approximate surface area is 107 Å². The molecule has 1 aliphatic heterocycles. The van der Waals surface area contributed by atoms with Crippen LogP contribution in [0.1, 0.15) is 32.6 Å². The highest BCUT2D eigenvalue weighted by atomic mass is 16.5. The molecule has 0 bridgehead atoms. The topological polar surface area (TPSA) is 84.9 Å². The number of carboxylic acid groups (broad SMARTS) is 1. The number of nitrogens with one attached hydrogen (secondary N) is 1. The van der Waals surface area contributed by atoms with E-state index in [4.69, 9.17) is 14.6 Å². The predicted molar refractivity (Wildman–Crippen MR) is 64.3 cm³/mol. The van der Waals surface area contributed by atoms with Gasteiger partial charge < -0.3 is 19.9 Å². The van der Waals surface area contributed by atoms with E-state index in [9.17, 15) is 9.59 Å².